The summed E-state index contributed by atoms with van der Waals surface area (Å²) in [6.07, 6.45) is 5.52. The van der Waals surface area contributed by atoms with Crippen molar-refractivity contribution in [1.29, 1.82) is 0 Å². The van der Waals surface area contributed by atoms with Gasteiger partial charge in [-0.1, -0.05) is 37.8 Å². The summed E-state index contributed by atoms with van der Waals surface area (Å²) in [5, 5.41) is 13.3. The molecule has 3 rings (SSSR count). The molecule has 1 amide bonds. The summed E-state index contributed by atoms with van der Waals surface area (Å²) >= 11 is 0. The Balaban J connectivity index is 1.82. The van der Waals surface area contributed by atoms with Crippen molar-refractivity contribution in [2.45, 2.75) is 57.5 Å². The SMILES string of the molecule is CC1(C)C(=O)Nc2ccc(C(O)CC3CCCC3)cc21. The number of anilines is 1. The molecule has 108 valence electrons. The highest BCUT2D eigenvalue weighted by atomic mass is 16.3. The number of amides is 1. The van der Waals surface area contributed by atoms with Gasteiger partial charge in [0.25, 0.3) is 0 Å². The highest BCUT2D eigenvalue weighted by molar-refractivity contribution is 6.05. The van der Waals surface area contributed by atoms with Gasteiger partial charge < -0.3 is 10.4 Å². The number of fused-ring (bicyclic) bond motifs is 1. The van der Waals surface area contributed by atoms with Crippen LogP contribution in [0.2, 0.25) is 0 Å². The van der Waals surface area contributed by atoms with Gasteiger partial charge in [0.1, 0.15) is 0 Å². The molecule has 0 bridgehead atoms. The summed E-state index contributed by atoms with van der Waals surface area (Å²) in [6.45, 7) is 3.86. The lowest BCUT2D eigenvalue weighted by Gasteiger charge is -2.19. The van der Waals surface area contributed by atoms with Crippen LogP contribution < -0.4 is 5.32 Å². The first-order valence-corrected chi connectivity index (χ1v) is 7.62. The maximum absolute atomic E-state index is 11.9. The fourth-order valence-electron chi connectivity index (χ4n) is 3.49. The zero-order chi connectivity index (χ0) is 14.3. The van der Waals surface area contributed by atoms with E-state index in [1.807, 2.05) is 32.0 Å². The van der Waals surface area contributed by atoms with E-state index >= 15 is 0 Å². The number of aliphatic hydroxyl groups is 1. The number of benzene rings is 1. The van der Waals surface area contributed by atoms with Gasteiger partial charge in [0.05, 0.1) is 11.5 Å². The third kappa shape index (κ3) is 2.24. The van der Waals surface area contributed by atoms with Crippen LogP contribution in [-0.4, -0.2) is 11.0 Å². The molecule has 1 heterocycles. The average molecular weight is 273 g/mol. The second-order valence-corrected chi connectivity index (χ2v) is 6.79. The third-order valence-electron chi connectivity index (χ3n) is 4.95. The van der Waals surface area contributed by atoms with Crippen molar-refractivity contribution in [2.75, 3.05) is 5.32 Å². The molecule has 1 aliphatic carbocycles. The van der Waals surface area contributed by atoms with Crippen molar-refractivity contribution in [2.24, 2.45) is 5.92 Å². The van der Waals surface area contributed by atoms with Gasteiger partial charge in [-0.3, -0.25) is 4.79 Å². The van der Waals surface area contributed by atoms with Crippen molar-refractivity contribution in [3.8, 4) is 0 Å². The molecule has 0 aromatic heterocycles. The lowest BCUT2D eigenvalue weighted by atomic mass is 9.84. The maximum atomic E-state index is 11.9. The lowest BCUT2D eigenvalue weighted by Crippen LogP contribution is -2.26. The smallest absolute Gasteiger partial charge is 0.234 e. The van der Waals surface area contributed by atoms with Crippen LogP contribution in [0, 0.1) is 5.92 Å². The third-order valence-corrected chi connectivity index (χ3v) is 4.95. The lowest BCUT2D eigenvalue weighted by molar-refractivity contribution is -0.119. The van der Waals surface area contributed by atoms with Crippen LogP contribution in [0.4, 0.5) is 5.69 Å². The number of hydrogen-bond donors (Lipinski definition) is 2. The topological polar surface area (TPSA) is 49.3 Å². The van der Waals surface area contributed by atoms with Crippen LogP contribution in [0.5, 0.6) is 0 Å². The van der Waals surface area contributed by atoms with Gasteiger partial charge >= 0.3 is 0 Å². The fourth-order valence-corrected chi connectivity index (χ4v) is 3.49. The standard InChI is InChI=1S/C17H23NO2/c1-17(2)13-10-12(7-8-14(13)18-16(17)20)15(19)9-11-5-3-4-6-11/h7-8,10-11,15,19H,3-6,9H2,1-2H3,(H,18,20). The van der Waals surface area contributed by atoms with E-state index in [-0.39, 0.29) is 5.91 Å². The van der Waals surface area contributed by atoms with Crippen LogP contribution in [0.25, 0.3) is 0 Å². The number of aliphatic hydroxyl groups excluding tert-OH is 1. The highest BCUT2D eigenvalue weighted by Gasteiger charge is 2.38. The predicted octanol–water partition coefficient (Wildman–Crippen LogP) is 3.53. The van der Waals surface area contributed by atoms with E-state index in [1.165, 1.54) is 25.7 Å². The van der Waals surface area contributed by atoms with Crippen molar-refractivity contribution in [3.63, 3.8) is 0 Å². The Kier molecular flexibility index (Phi) is 3.33. The molecule has 1 aromatic carbocycles. The molecular weight excluding hydrogens is 250 g/mol. The van der Waals surface area contributed by atoms with Crippen molar-refractivity contribution in [3.05, 3.63) is 29.3 Å². The summed E-state index contributed by atoms with van der Waals surface area (Å²) in [4.78, 5) is 11.9. The van der Waals surface area contributed by atoms with Crippen LogP contribution in [-0.2, 0) is 10.2 Å². The number of carbonyl (C=O) groups excluding carboxylic acids is 1. The zero-order valence-corrected chi connectivity index (χ0v) is 12.3. The first-order chi connectivity index (χ1) is 9.48. The van der Waals surface area contributed by atoms with E-state index in [0.29, 0.717) is 5.92 Å². The van der Waals surface area contributed by atoms with Crippen LogP contribution in [0.3, 0.4) is 0 Å². The Labute approximate surface area is 120 Å². The monoisotopic (exact) mass is 273 g/mol. The quantitative estimate of drug-likeness (QED) is 0.885. The fraction of sp³-hybridized carbons (Fsp3) is 0.588. The minimum Gasteiger partial charge on any atom is -0.388 e. The van der Waals surface area contributed by atoms with Gasteiger partial charge in [0.15, 0.2) is 0 Å². The van der Waals surface area contributed by atoms with Gasteiger partial charge in [-0.05, 0) is 43.4 Å². The van der Waals surface area contributed by atoms with E-state index in [4.69, 9.17) is 0 Å². The molecule has 1 saturated carbocycles. The molecule has 0 radical (unpaired) electrons. The van der Waals surface area contributed by atoms with Gasteiger partial charge in [-0.2, -0.15) is 0 Å². The Morgan fingerprint density at radius 3 is 2.75 bits per heavy atom. The van der Waals surface area contributed by atoms with Gasteiger partial charge in [-0.25, -0.2) is 0 Å². The molecular formula is C17H23NO2. The number of carbonyl (C=O) groups is 1. The van der Waals surface area contributed by atoms with Crippen LogP contribution in [0.1, 0.15) is 63.2 Å². The summed E-state index contributed by atoms with van der Waals surface area (Å²) in [6, 6.07) is 5.88. The maximum Gasteiger partial charge on any atom is 0.234 e. The van der Waals surface area contributed by atoms with Crippen molar-refractivity contribution >= 4 is 11.6 Å². The number of hydrogen-bond acceptors (Lipinski definition) is 2. The average Bonchev–Trinajstić information content (AvgIpc) is 2.98. The van der Waals surface area contributed by atoms with E-state index in [1.54, 1.807) is 0 Å². The second-order valence-electron chi connectivity index (χ2n) is 6.79. The van der Waals surface area contributed by atoms with E-state index in [2.05, 4.69) is 5.32 Å². The molecule has 1 aromatic rings. The van der Waals surface area contributed by atoms with Crippen LogP contribution >= 0.6 is 0 Å². The van der Waals surface area contributed by atoms with Gasteiger partial charge in [0, 0.05) is 5.69 Å². The molecule has 0 saturated heterocycles. The van der Waals surface area contributed by atoms with Crippen molar-refractivity contribution in [1.82, 2.24) is 0 Å². The van der Waals surface area contributed by atoms with Gasteiger partial charge in [-0.15, -0.1) is 0 Å². The molecule has 0 spiro atoms. The van der Waals surface area contributed by atoms with Crippen LogP contribution in [0.15, 0.2) is 18.2 Å². The minimum atomic E-state index is -0.502. The molecule has 2 aliphatic rings. The first kappa shape index (κ1) is 13.6. The molecule has 3 heteroatoms. The second kappa shape index (κ2) is 4.88. The normalized spacial score (nSPS) is 22.6. The van der Waals surface area contributed by atoms with Crippen molar-refractivity contribution < 1.29 is 9.90 Å². The summed E-state index contributed by atoms with van der Waals surface area (Å²) in [5.41, 5.74) is 2.33. The number of rotatable bonds is 3. The van der Waals surface area contributed by atoms with E-state index < -0.39 is 11.5 Å². The molecule has 1 atom stereocenters. The minimum absolute atomic E-state index is 0.0370. The molecule has 3 nitrogen and oxygen atoms in total. The summed E-state index contributed by atoms with van der Waals surface area (Å²) in [7, 11) is 0. The molecule has 1 aliphatic heterocycles. The molecule has 20 heavy (non-hydrogen) atoms. The molecule has 1 unspecified atom stereocenters. The predicted molar refractivity (Wildman–Crippen MR) is 79.6 cm³/mol. The zero-order valence-electron chi connectivity index (χ0n) is 12.3. The molecule has 2 N–H and O–H groups in total. The van der Waals surface area contributed by atoms with Gasteiger partial charge in [0.2, 0.25) is 5.91 Å². The van der Waals surface area contributed by atoms with E-state index in [0.717, 1.165) is 23.2 Å². The first-order valence-electron chi connectivity index (χ1n) is 7.62. The number of nitrogens with one attached hydrogen (secondary N) is 1. The summed E-state index contributed by atoms with van der Waals surface area (Å²) < 4.78 is 0. The Morgan fingerprint density at radius 1 is 1.35 bits per heavy atom. The molecule has 1 fully saturated rings. The highest BCUT2D eigenvalue weighted by Crippen LogP contribution is 2.40. The Hall–Kier alpha value is -1.35. The van der Waals surface area contributed by atoms with E-state index in [9.17, 15) is 9.90 Å². The Morgan fingerprint density at radius 2 is 2.05 bits per heavy atom. The Bertz CT molecular complexity index is 530. The largest absolute Gasteiger partial charge is 0.388 e. The summed E-state index contributed by atoms with van der Waals surface area (Å²) in [5.74, 6) is 0.695.